The number of rotatable bonds is 7. The van der Waals surface area contributed by atoms with Gasteiger partial charge in [-0.2, -0.15) is 0 Å². The molecule has 0 radical (unpaired) electrons. The highest BCUT2D eigenvalue weighted by Crippen LogP contribution is 1.99. The molecule has 0 rings (SSSR count). The summed E-state index contributed by atoms with van der Waals surface area (Å²) < 4.78 is 4.75. The summed E-state index contributed by atoms with van der Waals surface area (Å²) in [7, 11) is 0. The zero-order valence-electron chi connectivity index (χ0n) is 10.4. The van der Waals surface area contributed by atoms with Gasteiger partial charge in [-0.25, -0.2) is 14.4 Å². The number of hydrogen-bond acceptors (Lipinski definition) is 4. The van der Waals surface area contributed by atoms with E-state index in [9.17, 15) is 9.59 Å². The zero-order chi connectivity index (χ0) is 14.4. The summed E-state index contributed by atoms with van der Waals surface area (Å²) in [5.41, 5.74) is 8.50. The van der Waals surface area contributed by atoms with Crippen LogP contribution < -0.4 is 11.5 Å². The Balaban J connectivity index is 0. The van der Waals surface area contributed by atoms with E-state index in [1.54, 1.807) is 0 Å². The molecule has 0 aliphatic carbocycles. The number of hydrogen-bond donors (Lipinski definition) is 3. The fourth-order valence-electron chi connectivity index (χ4n) is 0.889. The van der Waals surface area contributed by atoms with E-state index in [0.29, 0.717) is 6.61 Å². The second kappa shape index (κ2) is 13.0. The maximum absolute atomic E-state index is 10.8. The molecule has 0 saturated heterocycles. The number of carboxylic acid groups (broad SMARTS) is 1. The van der Waals surface area contributed by atoms with E-state index in [0.717, 1.165) is 37.8 Å². The van der Waals surface area contributed by atoms with Crippen LogP contribution in [-0.2, 0) is 14.3 Å². The number of esters is 1. The summed E-state index contributed by atoms with van der Waals surface area (Å²) in [4.78, 5) is 29.8. The van der Waals surface area contributed by atoms with Crippen LogP contribution in [0.15, 0.2) is 12.2 Å². The van der Waals surface area contributed by atoms with Crippen LogP contribution in [0.2, 0.25) is 0 Å². The first kappa shape index (κ1) is 18.3. The smallest absolute Gasteiger partial charge is 0.331 e. The molecular formula is C11H20N2O5. The number of aliphatic carboxylic acids is 1. The molecule has 0 aromatic carbocycles. The summed E-state index contributed by atoms with van der Waals surface area (Å²) in [5, 5.41) is 8.21. The number of urea groups is 1. The lowest BCUT2D eigenvalue weighted by atomic mass is 10.2. The number of primary amides is 2. The van der Waals surface area contributed by atoms with Gasteiger partial charge in [-0.05, 0) is 6.42 Å². The Morgan fingerprint density at radius 3 is 2.11 bits per heavy atom. The molecular weight excluding hydrogens is 240 g/mol. The number of carbonyl (C=O) groups is 3. The molecule has 0 aliphatic heterocycles. The molecule has 5 N–H and O–H groups in total. The van der Waals surface area contributed by atoms with Crippen molar-refractivity contribution in [1.29, 1.82) is 0 Å². The van der Waals surface area contributed by atoms with Gasteiger partial charge in [0.1, 0.15) is 0 Å². The summed E-state index contributed by atoms with van der Waals surface area (Å²) in [6.07, 6.45) is 5.82. The van der Waals surface area contributed by atoms with Gasteiger partial charge in [-0.1, -0.05) is 26.2 Å². The van der Waals surface area contributed by atoms with Crippen molar-refractivity contribution in [3.05, 3.63) is 12.2 Å². The van der Waals surface area contributed by atoms with Crippen LogP contribution in [0.5, 0.6) is 0 Å². The van der Waals surface area contributed by atoms with Crippen LogP contribution in [0.25, 0.3) is 0 Å². The second-order valence-corrected chi connectivity index (χ2v) is 3.30. The number of amides is 2. The third-order valence-corrected chi connectivity index (χ3v) is 1.60. The Bertz CT molecular complexity index is 285. The van der Waals surface area contributed by atoms with Gasteiger partial charge in [0.2, 0.25) is 0 Å². The van der Waals surface area contributed by atoms with Gasteiger partial charge in [0, 0.05) is 12.2 Å². The SMILES string of the molecule is CCCCCCOC(=O)/C=C\C(=O)O.NC(N)=O. The highest BCUT2D eigenvalue weighted by Gasteiger charge is 1.97. The third kappa shape index (κ3) is 23.6. The van der Waals surface area contributed by atoms with E-state index in [1.807, 2.05) is 0 Å². The molecule has 0 atom stereocenters. The molecule has 0 bridgehead atoms. The minimum Gasteiger partial charge on any atom is -0.478 e. The molecule has 2 amide bonds. The molecule has 0 aromatic heterocycles. The van der Waals surface area contributed by atoms with Gasteiger partial charge in [0.25, 0.3) is 0 Å². The van der Waals surface area contributed by atoms with Gasteiger partial charge in [0.05, 0.1) is 6.61 Å². The molecule has 0 saturated carbocycles. The highest BCUT2D eigenvalue weighted by atomic mass is 16.5. The Hall–Kier alpha value is -2.05. The standard InChI is InChI=1S/C10H16O4.CH4N2O/c1-2-3-4-5-8-14-10(13)7-6-9(11)12;2-1(3)4/h6-7H,2-5,8H2,1H3,(H,11,12);(H4,2,3,4)/b7-6-;. The number of unbranched alkanes of at least 4 members (excludes halogenated alkanes) is 3. The van der Waals surface area contributed by atoms with Crippen LogP contribution in [-0.4, -0.2) is 29.7 Å². The van der Waals surface area contributed by atoms with E-state index < -0.39 is 18.0 Å². The maximum atomic E-state index is 10.8. The quantitative estimate of drug-likeness (QED) is 0.353. The lowest BCUT2D eigenvalue weighted by Gasteiger charge is -2.00. The number of carbonyl (C=O) groups excluding carboxylic acids is 2. The lowest BCUT2D eigenvalue weighted by molar-refractivity contribution is -0.138. The predicted octanol–water partition coefficient (Wildman–Crippen LogP) is 0.775. The molecule has 7 nitrogen and oxygen atoms in total. The molecule has 0 spiro atoms. The van der Waals surface area contributed by atoms with E-state index in [2.05, 4.69) is 18.4 Å². The van der Waals surface area contributed by atoms with Crippen molar-refractivity contribution >= 4 is 18.0 Å². The van der Waals surface area contributed by atoms with Crippen LogP contribution in [0.3, 0.4) is 0 Å². The lowest BCUT2D eigenvalue weighted by Crippen LogP contribution is -2.18. The van der Waals surface area contributed by atoms with Gasteiger partial charge >= 0.3 is 18.0 Å². The Kier molecular flexibility index (Phi) is 13.2. The van der Waals surface area contributed by atoms with Crippen molar-refractivity contribution < 1.29 is 24.2 Å². The van der Waals surface area contributed by atoms with Crippen molar-refractivity contribution in [1.82, 2.24) is 0 Å². The average molecular weight is 260 g/mol. The van der Waals surface area contributed by atoms with Gasteiger partial charge in [-0.3, -0.25) is 0 Å². The zero-order valence-corrected chi connectivity index (χ0v) is 10.4. The van der Waals surface area contributed by atoms with Gasteiger partial charge in [-0.15, -0.1) is 0 Å². The minimum atomic E-state index is -1.15. The fraction of sp³-hybridized carbons (Fsp3) is 0.545. The molecule has 0 aliphatic rings. The van der Waals surface area contributed by atoms with Crippen LogP contribution in [0.1, 0.15) is 32.6 Å². The Morgan fingerprint density at radius 1 is 1.11 bits per heavy atom. The van der Waals surface area contributed by atoms with Gasteiger partial charge in [0.15, 0.2) is 0 Å². The van der Waals surface area contributed by atoms with Crippen molar-refractivity contribution in [2.45, 2.75) is 32.6 Å². The summed E-state index contributed by atoms with van der Waals surface area (Å²) in [5.74, 6) is -1.74. The second-order valence-electron chi connectivity index (χ2n) is 3.30. The molecule has 104 valence electrons. The predicted molar refractivity (Wildman–Crippen MR) is 65.6 cm³/mol. The van der Waals surface area contributed by atoms with Crippen molar-refractivity contribution in [2.75, 3.05) is 6.61 Å². The van der Waals surface area contributed by atoms with Crippen LogP contribution in [0.4, 0.5) is 4.79 Å². The molecule has 0 unspecified atom stereocenters. The topological polar surface area (TPSA) is 133 Å². The largest absolute Gasteiger partial charge is 0.478 e. The summed E-state index contributed by atoms with van der Waals surface area (Å²) >= 11 is 0. The van der Waals surface area contributed by atoms with Crippen molar-refractivity contribution in [3.8, 4) is 0 Å². The average Bonchev–Trinajstić information content (AvgIpc) is 2.25. The first-order chi connectivity index (χ1) is 8.40. The Labute approximate surface area is 106 Å². The van der Waals surface area contributed by atoms with E-state index in [4.69, 9.17) is 14.6 Å². The summed E-state index contributed by atoms with van der Waals surface area (Å²) in [6, 6.07) is -0.833. The summed E-state index contributed by atoms with van der Waals surface area (Å²) in [6.45, 7) is 2.46. The number of carboxylic acids is 1. The first-order valence-electron chi connectivity index (χ1n) is 5.52. The number of nitrogens with two attached hydrogens (primary N) is 2. The van der Waals surface area contributed by atoms with Crippen molar-refractivity contribution in [3.63, 3.8) is 0 Å². The molecule has 7 heteroatoms. The van der Waals surface area contributed by atoms with E-state index in [1.165, 1.54) is 0 Å². The minimum absolute atomic E-state index is 0.364. The monoisotopic (exact) mass is 260 g/mol. The third-order valence-electron chi connectivity index (χ3n) is 1.60. The maximum Gasteiger partial charge on any atom is 0.331 e. The molecule has 18 heavy (non-hydrogen) atoms. The van der Waals surface area contributed by atoms with Gasteiger partial charge < -0.3 is 21.3 Å². The Morgan fingerprint density at radius 2 is 1.67 bits per heavy atom. The highest BCUT2D eigenvalue weighted by molar-refractivity contribution is 5.90. The van der Waals surface area contributed by atoms with E-state index >= 15 is 0 Å². The molecule has 0 fully saturated rings. The molecule has 0 heterocycles. The molecule has 0 aromatic rings. The first-order valence-corrected chi connectivity index (χ1v) is 5.52. The van der Waals surface area contributed by atoms with E-state index in [-0.39, 0.29) is 0 Å². The van der Waals surface area contributed by atoms with Crippen LogP contribution in [0, 0.1) is 0 Å². The van der Waals surface area contributed by atoms with Crippen molar-refractivity contribution in [2.24, 2.45) is 11.5 Å². The normalized spacial score (nSPS) is 9.39. The number of ether oxygens (including phenoxy) is 1. The fourth-order valence-corrected chi connectivity index (χ4v) is 0.889. The van der Waals surface area contributed by atoms with Crippen LogP contribution >= 0.6 is 0 Å².